The fourth-order valence-electron chi connectivity index (χ4n) is 5.08. The number of hydrogen-bond acceptors (Lipinski definition) is 4. The van der Waals surface area contributed by atoms with Crippen LogP contribution in [-0.4, -0.2) is 31.1 Å². The van der Waals surface area contributed by atoms with E-state index < -0.39 is 43.1 Å². The Bertz CT molecular complexity index is 1560. The predicted molar refractivity (Wildman–Crippen MR) is 180 cm³/mol. The first-order valence-corrected chi connectivity index (χ1v) is 19.8. The van der Waals surface area contributed by atoms with E-state index in [-0.39, 0.29) is 0 Å². The van der Waals surface area contributed by atoms with Crippen LogP contribution in [0.5, 0.6) is 0 Å². The summed E-state index contributed by atoms with van der Waals surface area (Å²) in [6.07, 6.45) is 0.720. The average Bonchev–Trinajstić information content (AvgIpc) is 3.01. The Morgan fingerprint density at radius 2 is 0.809 bits per heavy atom. The van der Waals surface area contributed by atoms with Gasteiger partial charge in [0.2, 0.25) is 0 Å². The number of thioether (sulfide) groups is 2. The molecule has 0 saturated carbocycles. The first-order valence-electron chi connectivity index (χ1n) is 14.3. The van der Waals surface area contributed by atoms with Gasteiger partial charge in [0.15, 0.2) is 0 Å². The predicted octanol–water partition coefficient (Wildman–Crippen LogP) is 8.78. The Balaban J connectivity index is 1.68. The molecule has 0 heterocycles. The van der Waals surface area contributed by atoms with Crippen molar-refractivity contribution >= 4 is 38.7 Å². The van der Waals surface area contributed by atoms with Crippen molar-refractivity contribution in [2.45, 2.75) is 35.7 Å². The summed E-state index contributed by atoms with van der Waals surface area (Å²) in [5.41, 5.74) is -7.42. The first kappa shape index (κ1) is 37.4. The largest absolute Gasteiger partial charge is 0.399 e. The number of rotatable bonds is 16. The number of benzene rings is 4. The van der Waals surface area contributed by atoms with Crippen molar-refractivity contribution in [2.75, 3.05) is 11.5 Å². The molecule has 4 N–H and O–H groups in total. The van der Waals surface area contributed by atoms with Gasteiger partial charge in [0.25, 0.3) is 0 Å². The van der Waals surface area contributed by atoms with Crippen LogP contribution < -0.4 is 0 Å². The molecular formula is C33H34F4O6P2S2. The molecular weight excluding hydrogens is 694 g/mol. The van der Waals surface area contributed by atoms with Gasteiger partial charge in [-0.15, -0.1) is 0 Å². The lowest BCUT2D eigenvalue weighted by molar-refractivity contribution is 0.0564. The zero-order valence-corrected chi connectivity index (χ0v) is 28.4. The van der Waals surface area contributed by atoms with Gasteiger partial charge in [-0.25, -0.2) is 0 Å². The van der Waals surface area contributed by atoms with E-state index in [9.17, 15) is 46.3 Å². The van der Waals surface area contributed by atoms with E-state index in [4.69, 9.17) is 0 Å². The minimum atomic E-state index is -5.75. The molecule has 0 spiro atoms. The fraction of sp³-hybridized carbons (Fsp3) is 0.273. The van der Waals surface area contributed by atoms with Gasteiger partial charge in [-0.3, -0.25) is 9.13 Å². The summed E-state index contributed by atoms with van der Waals surface area (Å²) in [4.78, 5) is 36.7. The minimum absolute atomic E-state index is 0.360. The van der Waals surface area contributed by atoms with Crippen LogP contribution in [0.1, 0.15) is 33.4 Å². The van der Waals surface area contributed by atoms with E-state index in [1.807, 2.05) is 60.7 Å². The summed E-state index contributed by atoms with van der Waals surface area (Å²) < 4.78 is 80.4. The molecule has 0 amide bonds. The Kier molecular flexibility index (Phi) is 12.3. The van der Waals surface area contributed by atoms with Crippen LogP contribution in [0, 0.1) is 5.41 Å². The lowest BCUT2D eigenvalue weighted by Gasteiger charge is -2.34. The third kappa shape index (κ3) is 9.83. The van der Waals surface area contributed by atoms with Crippen LogP contribution in [-0.2, 0) is 44.8 Å². The third-order valence-corrected chi connectivity index (χ3v) is 12.2. The van der Waals surface area contributed by atoms with E-state index in [1.165, 1.54) is 24.3 Å². The number of hydrogen-bond donors (Lipinski definition) is 4. The highest BCUT2D eigenvalue weighted by Crippen LogP contribution is 2.60. The summed E-state index contributed by atoms with van der Waals surface area (Å²) in [6.45, 7) is 0. The quantitative estimate of drug-likeness (QED) is 0.0669. The van der Waals surface area contributed by atoms with Crippen molar-refractivity contribution in [3.63, 3.8) is 0 Å². The van der Waals surface area contributed by atoms with Crippen molar-refractivity contribution in [3.05, 3.63) is 143 Å². The Morgan fingerprint density at radius 1 is 0.489 bits per heavy atom. The van der Waals surface area contributed by atoms with Gasteiger partial charge in [0.05, 0.1) is 0 Å². The van der Waals surface area contributed by atoms with E-state index >= 15 is 0 Å². The molecule has 0 saturated heterocycles. The SMILES string of the molecule is O=P(O)(O)C(F)(F)c1ccc(CC(CSCc2ccccc2)(CSCc2ccccc2)Cc2ccc(C(F)(F)P(=O)(O)O)cc2)cc1. The summed E-state index contributed by atoms with van der Waals surface area (Å²) in [5.74, 6) is 2.49. The lowest BCUT2D eigenvalue weighted by atomic mass is 9.79. The minimum Gasteiger partial charge on any atom is -0.320 e. The van der Waals surface area contributed by atoms with Gasteiger partial charge >= 0.3 is 26.5 Å². The standard InChI is InChI=1S/C33H34F4O6P2S2/c34-32(35,44(38,39)40)29-15-11-25(12-16-29)19-31(23-46-21-27-7-3-1-4-8-27,24-47-22-28-9-5-2-6-10-28)20-26-13-17-30(18-14-26)33(36,37)45(41,42)43/h1-18H,19-24H2,(H2,38,39,40)(H2,41,42,43). The van der Waals surface area contributed by atoms with Crippen LogP contribution in [0.3, 0.4) is 0 Å². The summed E-state index contributed by atoms with van der Waals surface area (Å²) >= 11 is 3.32. The van der Waals surface area contributed by atoms with E-state index in [1.54, 1.807) is 23.5 Å². The molecule has 4 aromatic carbocycles. The molecule has 0 aliphatic heterocycles. The smallest absolute Gasteiger partial charge is 0.320 e. The van der Waals surface area contributed by atoms with Gasteiger partial charge in [-0.2, -0.15) is 41.1 Å². The monoisotopic (exact) mass is 728 g/mol. The summed E-state index contributed by atoms with van der Waals surface area (Å²) in [6, 6.07) is 29.3. The molecule has 0 aliphatic rings. The van der Waals surface area contributed by atoms with Crippen LogP contribution >= 0.6 is 38.7 Å². The molecule has 4 rings (SSSR count). The van der Waals surface area contributed by atoms with Crippen molar-refractivity contribution in [1.82, 2.24) is 0 Å². The molecule has 47 heavy (non-hydrogen) atoms. The van der Waals surface area contributed by atoms with Crippen molar-refractivity contribution in [2.24, 2.45) is 5.41 Å². The molecule has 0 fully saturated rings. The van der Waals surface area contributed by atoms with E-state index in [0.717, 1.165) is 35.4 Å². The second kappa shape index (κ2) is 15.4. The van der Waals surface area contributed by atoms with E-state index in [2.05, 4.69) is 0 Å². The van der Waals surface area contributed by atoms with E-state index in [0.29, 0.717) is 47.0 Å². The maximum atomic E-state index is 14.4. The molecule has 0 aliphatic carbocycles. The molecule has 0 aromatic heterocycles. The van der Waals surface area contributed by atoms with Crippen LogP contribution in [0.15, 0.2) is 109 Å². The second-order valence-corrected chi connectivity index (χ2v) is 16.6. The maximum Gasteiger partial charge on any atom is 0.399 e. The molecule has 4 aromatic rings. The topological polar surface area (TPSA) is 115 Å². The van der Waals surface area contributed by atoms with Gasteiger partial charge in [0.1, 0.15) is 0 Å². The molecule has 0 bridgehead atoms. The van der Waals surface area contributed by atoms with Gasteiger partial charge in [-0.1, -0.05) is 109 Å². The average molecular weight is 729 g/mol. The van der Waals surface area contributed by atoms with Crippen LogP contribution in [0.25, 0.3) is 0 Å². The summed E-state index contributed by atoms with van der Waals surface area (Å²) in [5, 5.41) is 0. The zero-order valence-electron chi connectivity index (χ0n) is 25.0. The molecule has 0 atom stereocenters. The number of halogens is 4. The molecule has 252 valence electrons. The molecule has 14 heteroatoms. The normalized spacial score (nSPS) is 13.1. The van der Waals surface area contributed by atoms with Crippen molar-refractivity contribution in [3.8, 4) is 0 Å². The van der Waals surface area contributed by atoms with Crippen molar-refractivity contribution in [1.29, 1.82) is 0 Å². The molecule has 0 radical (unpaired) electrons. The highest BCUT2D eigenvalue weighted by molar-refractivity contribution is 7.99. The highest BCUT2D eigenvalue weighted by atomic mass is 32.2. The van der Waals surface area contributed by atoms with Crippen LogP contribution in [0.4, 0.5) is 17.6 Å². The molecule has 6 nitrogen and oxygen atoms in total. The third-order valence-electron chi connectivity index (χ3n) is 7.53. The molecule has 0 unspecified atom stereocenters. The van der Waals surface area contributed by atoms with Gasteiger partial charge < -0.3 is 19.6 Å². The number of alkyl halides is 4. The Labute approximate surface area is 279 Å². The summed E-state index contributed by atoms with van der Waals surface area (Å²) in [7, 11) is -11.5. The van der Waals surface area contributed by atoms with Gasteiger partial charge in [-0.05, 0) is 40.5 Å². The Morgan fingerprint density at radius 3 is 1.11 bits per heavy atom. The zero-order chi connectivity index (χ0) is 34.3. The maximum absolute atomic E-state index is 14.4. The highest BCUT2D eigenvalue weighted by Gasteiger charge is 2.51. The lowest BCUT2D eigenvalue weighted by Crippen LogP contribution is -2.33. The van der Waals surface area contributed by atoms with Gasteiger partial charge in [0, 0.05) is 34.1 Å². The van der Waals surface area contributed by atoms with Crippen molar-refractivity contribution < 1.29 is 46.3 Å². The van der Waals surface area contributed by atoms with Crippen LogP contribution in [0.2, 0.25) is 0 Å². The first-order chi connectivity index (χ1) is 22.0. The fourth-order valence-corrected chi connectivity index (χ4v) is 8.72. The second-order valence-electron chi connectivity index (χ2n) is 11.4. The Hall–Kier alpha value is -2.40.